The van der Waals surface area contributed by atoms with E-state index in [0.717, 1.165) is 49.8 Å². The van der Waals surface area contributed by atoms with Gasteiger partial charge < -0.3 is 15.7 Å². The molecule has 5 saturated carbocycles. The van der Waals surface area contributed by atoms with Gasteiger partial charge in [0.2, 0.25) is 5.91 Å². The summed E-state index contributed by atoms with van der Waals surface area (Å²) in [5.41, 5.74) is 4.00. The molecule has 0 saturated heterocycles. The Hall–Kier alpha value is -2.99. The number of carbonyl (C=O) groups is 2. The van der Waals surface area contributed by atoms with Gasteiger partial charge in [0.15, 0.2) is 0 Å². The van der Waals surface area contributed by atoms with Crippen LogP contribution < -0.4 is 10.6 Å². The van der Waals surface area contributed by atoms with Crippen LogP contribution >= 0.6 is 0 Å². The predicted molar refractivity (Wildman–Crippen MR) is 204 cm³/mol. The zero-order chi connectivity index (χ0) is 36.4. The van der Waals surface area contributed by atoms with Crippen LogP contribution in [0.2, 0.25) is 0 Å². The molecule has 3 N–H and O–H groups in total. The Balaban J connectivity index is 1.07. The van der Waals surface area contributed by atoms with Gasteiger partial charge in [-0.3, -0.25) is 14.6 Å². The summed E-state index contributed by atoms with van der Waals surface area (Å²) in [6, 6.07) is 13.5. The third-order valence-electron chi connectivity index (χ3n) is 16.5. The van der Waals surface area contributed by atoms with E-state index < -0.39 is 0 Å². The van der Waals surface area contributed by atoms with E-state index in [1.54, 1.807) is 6.20 Å². The molecule has 1 aromatic carbocycles. The molecule has 2 aromatic rings. The number of hydrogen-bond acceptors (Lipinski definition) is 4. The molecular weight excluding hydrogens is 631 g/mol. The second-order valence-electron chi connectivity index (χ2n) is 18.9. The van der Waals surface area contributed by atoms with E-state index in [1.807, 2.05) is 42.5 Å². The molecule has 7 rings (SSSR count). The van der Waals surface area contributed by atoms with Crippen molar-refractivity contribution in [3.63, 3.8) is 0 Å². The summed E-state index contributed by atoms with van der Waals surface area (Å²) in [5.74, 6) is 2.54. The molecule has 1 heterocycles. The molecule has 10 atom stereocenters. The lowest BCUT2D eigenvalue weighted by Gasteiger charge is -2.72. The zero-order valence-corrected chi connectivity index (χ0v) is 32.2. The Kier molecular flexibility index (Phi) is 9.37. The summed E-state index contributed by atoms with van der Waals surface area (Å²) in [6.07, 6.45) is 13.2. The minimum atomic E-state index is -0.345. The van der Waals surface area contributed by atoms with Crippen LogP contribution in [0.1, 0.15) is 127 Å². The van der Waals surface area contributed by atoms with E-state index in [1.165, 1.54) is 31.3 Å². The Morgan fingerprint density at radius 2 is 1.67 bits per heavy atom. The number of aromatic nitrogens is 1. The second kappa shape index (κ2) is 13.1. The maximum absolute atomic E-state index is 14.6. The summed E-state index contributed by atoms with van der Waals surface area (Å²) in [5, 5.41) is 17.5. The second-order valence-corrected chi connectivity index (χ2v) is 18.9. The van der Waals surface area contributed by atoms with Gasteiger partial charge in [-0.05, 0) is 159 Å². The van der Waals surface area contributed by atoms with Crippen LogP contribution in [0.15, 0.2) is 60.8 Å². The molecule has 0 radical (unpaired) electrons. The van der Waals surface area contributed by atoms with Gasteiger partial charge in [0.05, 0.1) is 23.8 Å². The molecule has 5 aliphatic rings. The highest BCUT2D eigenvalue weighted by atomic mass is 16.3. The summed E-state index contributed by atoms with van der Waals surface area (Å²) < 4.78 is 0. The molecule has 6 heteroatoms. The summed E-state index contributed by atoms with van der Waals surface area (Å²) >= 11 is 0. The van der Waals surface area contributed by atoms with Gasteiger partial charge in [-0.15, -0.1) is 0 Å². The lowest BCUT2D eigenvalue weighted by Crippen LogP contribution is -2.67. The van der Waals surface area contributed by atoms with E-state index >= 15 is 0 Å². The topological polar surface area (TPSA) is 91.3 Å². The number of aliphatic hydroxyl groups excluding tert-OH is 1. The van der Waals surface area contributed by atoms with Gasteiger partial charge in [0.1, 0.15) is 0 Å². The fraction of sp³-hybridized carbons (Fsp3) is 0.667. The molecule has 4 unspecified atom stereocenters. The number of allylic oxidation sites excluding steroid dienone is 1. The smallest absolute Gasteiger partial charge is 0.251 e. The highest BCUT2D eigenvalue weighted by Gasteiger charge is 2.71. The van der Waals surface area contributed by atoms with Crippen LogP contribution in [-0.2, 0) is 17.8 Å². The number of nitrogens with zero attached hydrogens (tertiary/aromatic N) is 1. The first-order chi connectivity index (χ1) is 24.2. The molecule has 5 fully saturated rings. The van der Waals surface area contributed by atoms with E-state index in [-0.39, 0.29) is 45.0 Å². The molecule has 2 amide bonds. The van der Waals surface area contributed by atoms with Crippen molar-refractivity contribution in [1.82, 2.24) is 15.6 Å². The van der Waals surface area contributed by atoms with E-state index in [0.29, 0.717) is 54.7 Å². The Morgan fingerprint density at radius 1 is 0.863 bits per heavy atom. The summed E-state index contributed by atoms with van der Waals surface area (Å²) in [7, 11) is 0. The minimum Gasteiger partial charge on any atom is -0.393 e. The van der Waals surface area contributed by atoms with Crippen LogP contribution in [0.3, 0.4) is 0 Å². The zero-order valence-electron chi connectivity index (χ0n) is 32.2. The Bertz CT molecular complexity index is 1650. The molecular formula is C45H63N3O3. The van der Waals surface area contributed by atoms with Crippen molar-refractivity contribution >= 4 is 11.8 Å². The van der Waals surface area contributed by atoms with Crippen LogP contribution in [0, 0.1) is 56.7 Å². The van der Waals surface area contributed by atoms with Crippen LogP contribution in [0.5, 0.6) is 0 Å². The van der Waals surface area contributed by atoms with Gasteiger partial charge in [-0.2, -0.15) is 0 Å². The number of amides is 2. The average Bonchev–Trinajstić information content (AvgIpc) is 3.51. The first-order valence-corrected chi connectivity index (χ1v) is 20.1. The molecule has 0 bridgehead atoms. The number of hydrogen-bond donors (Lipinski definition) is 3. The van der Waals surface area contributed by atoms with Crippen molar-refractivity contribution < 1.29 is 14.7 Å². The lowest BCUT2D eigenvalue weighted by molar-refractivity contribution is -0.246. The number of fused-ring (bicyclic) bond motifs is 7. The quantitative estimate of drug-likeness (QED) is 0.241. The maximum atomic E-state index is 14.6. The van der Waals surface area contributed by atoms with E-state index in [2.05, 4.69) is 63.7 Å². The first-order valence-electron chi connectivity index (χ1n) is 20.1. The number of benzene rings is 1. The van der Waals surface area contributed by atoms with Crippen molar-refractivity contribution in [3.05, 3.63) is 77.6 Å². The predicted octanol–water partition coefficient (Wildman–Crippen LogP) is 8.69. The molecule has 0 aliphatic heterocycles. The van der Waals surface area contributed by atoms with Crippen molar-refractivity contribution in [3.8, 4) is 0 Å². The van der Waals surface area contributed by atoms with Crippen molar-refractivity contribution in [2.45, 2.75) is 125 Å². The third kappa shape index (κ3) is 5.72. The largest absolute Gasteiger partial charge is 0.393 e. The number of rotatable bonds is 8. The van der Waals surface area contributed by atoms with Crippen molar-refractivity contribution in [2.75, 3.05) is 6.54 Å². The van der Waals surface area contributed by atoms with Gasteiger partial charge >= 0.3 is 0 Å². The Morgan fingerprint density at radius 3 is 2.41 bits per heavy atom. The van der Waals surface area contributed by atoms with Gasteiger partial charge in [0, 0.05) is 18.3 Å². The fourth-order valence-electron chi connectivity index (χ4n) is 13.7. The lowest BCUT2D eigenvalue weighted by atomic mass is 9.32. The standard InChI is InChI=1S/C45H63N3O3/c1-29(2)33-16-22-45(40(51)47-26-19-30-11-10-12-31(27-30)39(50)48-28-32-13-8-9-25-46-32)24-23-43(6)34(38(33)45)14-15-36-42(5)20-18-37(49)41(3,4)35(42)17-21-44(36,43)7/h8-13,25,27,33-38,49H,1,14-24,26,28H2,2-7H3,(H,47,51)(H,48,50)/t33-,34?,35?,36?,37-,38?,42-,43+,44+,45-/m0/s1. The third-order valence-corrected chi connectivity index (χ3v) is 16.5. The molecule has 1 aromatic heterocycles. The van der Waals surface area contributed by atoms with Crippen LogP contribution in [-0.4, -0.2) is 34.6 Å². The maximum Gasteiger partial charge on any atom is 0.251 e. The van der Waals surface area contributed by atoms with Gasteiger partial charge in [-0.25, -0.2) is 0 Å². The van der Waals surface area contributed by atoms with Crippen LogP contribution in [0.4, 0.5) is 0 Å². The SMILES string of the molecule is C=C(C)[C@@H]1CC[C@]2(C(=O)NCCc3cccc(C(=O)NCc4ccccn4)c3)CC[C@]3(C)C(CCC4[C@@]5(C)CC[C@H](O)C(C)(C)C5CC[C@]43C)C12. The normalized spacial score (nSPS) is 39.4. The number of aliphatic hydroxyl groups is 1. The fourth-order valence-corrected chi connectivity index (χ4v) is 13.7. The summed E-state index contributed by atoms with van der Waals surface area (Å²) in [4.78, 5) is 31.8. The summed E-state index contributed by atoms with van der Waals surface area (Å²) in [6.45, 7) is 20.2. The molecule has 276 valence electrons. The highest BCUT2D eigenvalue weighted by Crippen LogP contribution is 2.77. The monoisotopic (exact) mass is 693 g/mol. The minimum absolute atomic E-state index is 0.0454. The van der Waals surface area contributed by atoms with Crippen molar-refractivity contribution in [2.24, 2.45) is 56.7 Å². The molecule has 0 spiro atoms. The highest BCUT2D eigenvalue weighted by molar-refractivity contribution is 5.94. The van der Waals surface area contributed by atoms with Crippen LogP contribution in [0.25, 0.3) is 0 Å². The van der Waals surface area contributed by atoms with Crippen molar-refractivity contribution in [1.29, 1.82) is 0 Å². The number of nitrogens with one attached hydrogen (secondary N) is 2. The van der Waals surface area contributed by atoms with E-state index in [4.69, 9.17) is 0 Å². The van der Waals surface area contributed by atoms with Gasteiger partial charge in [0.25, 0.3) is 5.91 Å². The first kappa shape index (κ1) is 36.4. The van der Waals surface area contributed by atoms with E-state index in [9.17, 15) is 14.7 Å². The Labute approximate surface area is 307 Å². The molecule has 5 aliphatic carbocycles. The number of carbonyl (C=O) groups excluding carboxylic acids is 2. The average molecular weight is 694 g/mol. The molecule has 51 heavy (non-hydrogen) atoms. The van der Waals surface area contributed by atoms with Gasteiger partial charge in [-0.1, -0.05) is 65.0 Å². The molecule has 6 nitrogen and oxygen atoms in total. The number of pyridine rings is 1.